The van der Waals surface area contributed by atoms with Crippen molar-refractivity contribution in [1.82, 2.24) is 5.32 Å². The summed E-state index contributed by atoms with van der Waals surface area (Å²) in [4.78, 5) is 0. The summed E-state index contributed by atoms with van der Waals surface area (Å²) in [5, 5.41) is 2.87. The maximum atomic E-state index is 13.6. The van der Waals surface area contributed by atoms with Crippen LogP contribution in [0.4, 0.5) is 17.6 Å². The molecule has 0 amide bonds. The van der Waals surface area contributed by atoms with E-state index < -0.39 is 23.6 Å². The Morgan fingerprint density at radius 2 is 1.94 bits per heavy atom. The number of hydrogen-bond donors (Lipinski definition) is 1. The van der Waals surface area contributed by atoms with Crippen LogP contribution in [0.1, 0.15) is 31.0 Å². The van der Waals surface area contributed by atoms with Gasteiger partial charge in [-0.3, -0.25) is 0 Å². The van der Waals surface area contributed by atoms with Gasteiger partial charge in [0.25, 0.3) is 0 Å². The van der Waals surface area contributed by atoms with Crippen molar-refractivity contribution in [1.29, 1.82) is 0 Å². The van der Waals surface area contributed by atoms with Crippen LogP contribution < -0.4 is 5.32 Å². The summed E-state index contributed by atoms with van der Waals surface area (Å²) in [5.74, 6) is -1.19. The Bertz CT molecular complexity index is 359. The zero-order valence-corrected chi connectivity index (χ0v) is 9.03. The fourth-order valence-corrected chi connectivity index (χ4v) is 1.52. The van der Waals surface area contributed by atoms with Gasteiger partial charge in [0.2, 0.25) is 0 Å². The predicted molar refractivity (Wildman–Crippen MR) is 53.5 cm³/mol. The van der Waals surface area contributed by atoms with Gasteiger partial charge < -0.3 is 5.32 Å². The molecule has 5 heteroatoms. The average molecular weight is 235 g/mol. The van der Waals surface area contributed by atoms with Crippen molar-refractivity contribution in [3.05, 3.63) is 35.1 Å². The Morgan fingerprint density at radius 3 is 2.44 bits per heavy atom. The monoisotopic (exact) mass is 235 g/mol. The molecule has 0 saturated heterocycles. The SMILES string of the molecule is CCNC(C)c1cccc(C(F)(F)F)c1F. The molecule has 0 saturated carbocycles. The molecule has 1 nitrogen and oxygen atoms in total. The van der Waals surface area contributed by atoms with E-state index in [1.807, 2.05) is 6.92 Å². The second-order valence-electron chi connectivity index (χ2n) is 3.49. The van der Waals surface area contributed by atoms with Crippen LogP contribution in [-0.2, 0) is 6.18 Å². The average Bonchev–Trinajstić information content (AvgIpc) is 2.16. The predicted octanol–water partition coefficient (Wildman–Crippen LogP) is 3.52. The van der Waals surface area contributed by atoms with E-state index >= 15 is 0 Å². The minimum atomic E-state index is -4.65. The van der Waals surface area contributed by atoms with Gasteiger partial charge in [0.15, 0.2) is 0 Å². The van der Waals surface area contributed by atoms with Crippen molar-refractivity contribution < 1.29 is 17.6 Å². The fourth-order valence-electron chi connectivity index (χ4n) is 1.52. The number of rotatable bonds is 3. The quantitative estimate of drug-likeness (QED) is 0.790. The first-order chi connectivity index (χ1) is 7.38. The molecule has 1 rings (SSSR count). The third-order valence-electron chi connectivity index (χ3n) is 2.31. The van der Waals surface area contributed by atoms with Crippen molar-refractivity contribution in [2.75, 3.05) is 6.54 Å². The smallest absolute Gasteiger partial charge is 0.310 e. The molecule has 0 aliphatic carbocycles. The third kappa shape index (κ3) is 2.72. The van der Waals surface area contributed by atoms with Crippen molar-refractivity contribution in [3.63, 3.8) is 0 Å². The molecular formula is C11H13F4N. The molecule has 1 unspecified atom stereocenters. The molecule has 1 N–H and O–H groups in total. The summed E-state index contributed by atoms with van der Waals surface area (Å²) in [5.41, 5.74) is -1.17. The van der Waals surface area contributed by atoms with Crippen LogP contribution in [0.3, 0.4) is 0 Å². The molecule has 0 aliphatic heterocycles. The third-order valence-corrected chi connectivity index (χ3v) is 2.31. The second-order valence-corrected chi connectivity index (χ2v) is 3.49. The van der Waals surface area contributed by atoms with Gasteiger partial charge in [0.05, 0.1) is 5.56 Å². The highest BCUT2D eigenvalue weighted by molar-refractivity contribution is 5.30. The van der Waals surface area contributed by atoms with Crippen molar-refractivity contribution in [2.45, 2.75) is 26.1 Å². The van der Waals surface area contributed by atoms with Crippen LogP contribution in [-0.4, -0.2) is 6.54 Å². The van der Waals surface area contributed by atoms with E-state index in [-0.39, 0.29) is 5.56 Å². The summed E-state index contributed by atoms with van der Waals surface area (Å²) < 4.78 is 50.8. The van der Waals surface area contributed by atoms with Gasteiger partial charge >= 0.3 is 6.18 Å². The van der Waals surface area contributed by atoms with E-state index in [9.17, 15) is 17.6 Å². The van der Waals surface area contributed by atoms with Gasteiger partial charge in [-0.25, -0.2) is 4.39 Å². The highest BCUT2D eigenvalue weighted by atomic mass is 19.4. The largest absolute Gasteiger partial charge is 0.419 e. The zero-order chi connectivity index (χ0) is 12.3. The van der Waals surface area contributed by atoms with Crippen molar-refractivity contribution in [3.8, 4) is 0 Å². The molecule has 0 bridgehead atoms. The molecule has 0 aromatic heterocycles. The molecule has 0 aliphatic rings. The molecule has 90 valence electrons. The summed E-state index contributed by atoms with van der Waals surface area (Å²) >= 11 is 0. The normalized spacial score (nSPS) is 13.9. The lowest BCUT2D eigenvalue weighted by molar-refractivity contribution is -0.140. The maximum absolute atomic E-state index is 13.6. The number of benzene rings is 1. The Morgan fingerprint density at radius 1 is 1.31 bits per heavy atom. The van der Waals surface area contributed by atoms with Gasteiger partial charge in [-0.15, -0.1) is 0 Å². The highest BCUT2D eigenvalue weighted by Gasteiger charge is 2.35. The first kappa shape index (κ1) is 13.0. The standard InChI is InChI=1S/C11H13F4N/c1-3-16-7(2)8-5-4-6-9(10(8)12)11(13,14)15/h4-7,16H,3H2,1-2H3. The molecule has 0 heterocycles. The number of halogens is 4. The van der Waals surface area contributed by atoms with E-state index in [2.05, 4.69) is 5.32 Å². The van der Waals surface area contributed by atoms with Crippen LogP contribution in [0, 0.1) is 5.82 Å². The highest BCUT2D eigenvalue weighted by Crippen LogP contribution is 2.33. The first-order valence-electron chi connectivity index (χ1n) is 4.97. The van der Waals surface area contributed by atoms with Gasteiger partial charge in [-0.1, -0.05) is 19.1 Å². The van der Waals surface area contributed by atoms with Gasteiger partial charge in [0, 0.05) is 11.6 Å². The molecule has 0 radical (unpaired) electrons. The number of hydrogen-bond acceptors (Lipinski definition) is 1. The molecule has 0 spiro atoms. The van der Waals surface area contributed by atoms with E-state index in [0.29, 0.717) is 6.54 Å². The Balaban J connectivity index is 3.14. The molecule has 16 heavy (non-hydrogen) atoms. The summed E-state index contributed by atoms with van der Waals surface area (Å²) in [7, 11) is 0. The topological polar surface area (TPSA) is 12.0 Å². The summed E-state index contributed by atoms with van der Waals surface area (Å²) in [6.07, 6.45) is -4.65. The van der Waals surface area contributed by atoms with Gasteiger partial charge in [-0.05, 0) is 19.5 Å². The van der Waals surface area contributed by atoms with E-state index in [1.165, 1.54) is 12.1 Å². The van der Waals surface area contributed by atoms with E-state index in [1.54, 1.807) is 6.92 Å². The first-order valence-corrected chi connectivity index (χ1v) is 4.97. The van der Waals surface area contributed by atoms with Crippen LogP contribution >= 0.6 is 0 Å². The van der Waals surface area contributed by atoms with Crippen LogP contribution in [0.5, 0.6) is 0 Å². The number of alkyl halides is 3. The minimum Gasteiger partial charge on any atom is -0.310 e. The Kier molecular flexibility index (Phi) is 3.91. The van der Waals surface area contributed by atoms with Crippen LogP contribution in [0.25, 0.3) is 0 Å². The lowest BCUT2D eigenvalue weighted by Gasteiger charge is -2.16. The maximum Gasteiger partial charge on any atom is 0.419 e. The fraction of sp³-hybridized carbons (Fsp3) is 0.455. The molecule has 0 fully saturated rings. The van der Waals surface area contributed by atoms with Gasteiger partial charge in [0.1, 0.15) is 5.82 Å². The zero-order valence-electron chi connectivity index (χ0n) is 9.03. The molecule has 1 aromatic carbocycles. The van der Waals surface area contributed by atoms with E-state index in [0.717, 1.165) is 6.07 Å². The molecular weight excluding hydrogens is 222 g/mol. The summed E-state index contributed by atoms with van der Waals surface area (Å²) in [6, 6.07) is 2.89. The Labute approximate surface area is 91.5 Å². The van der Waals surface area contributed by atoms with Crippen LogP contribution in [0.15, 0.2) is 18.2 Å². The lowest BCUT2D eigenvalue weighted by Crippen LogP contribution is -2.20. The minimum absolute atomic E-state index is 0.0386. The van der Waals surface area contributed by atoms with Crippen molar-refractivity contribution >= 4 is 0 Å². The van der Waals surface area contributed by atoms with Crippen LogP contribution in [0.2, 0.25) is 0 Å². The van der Waals surface area contributed by atoms with Crippen molar-refractivity contribution in [2.24, 2.45) is 0 Å². The van der Waals surface area contributed by atoms with Gasteiger partial charge in [-0.2, -0.15) is 13.2 Å². The Hall–Kier alpha value is -1.10. The molecule has 1 aromatic rings. The second kappa shape index (κ2) is 4.82. The summed E-state index contributed by atoms with van der Waals surface area (Å²) in [6.45, 7) is 4.00. The lowest BCUT2D eigenvalue weighted by atomic mass is 10.0. The number of nitrogens with one attached hydrogen (secondary N) is 1. The molecule has 1 atom stereocenters. The van der Waals surface area contributed by atoms with E-state index in [4.69, 9.17) is 0 Å².